The van der Waals surface area contributed by atoms with Crippen LogP contribution in [0.4, 0.5) is 5.69 Å². The molecule has 180 valence electrons. The van der Waals surface area contributed by atoms with E-state index in [1.807, 2.05) is 67.6 Å². The zero-order chi connectivity index (χ0) is 25.2. The van der Waals surface area contributed by atoms with Gasteiger partial charge >= 0.3 is 0 Å². The summed E-state index contributed by atoms with van der Waals surface area (Å²) >= 11 is 1.26. The molecule has 3 aromatic carbocycles. The maximum atomic E-state index is 13.9. The zero-order valence-corrected chi connectivity index (χ0v) is 20.7. The first-order valence-electron chi connectivity index (χ1n) is 11.6. The molecule has 1 unspecified atom stereocenters. The molecule has 2 heterocycles. The minimum absolute atomic E-state index is 0.0411. The normalized spacial score (nSPS) is 15.4. The molecule has 0 spiro atoms. The van der Waals surface area contributed by atoms with Crippen LogP contribution >= 0.6 is 11.3 Å². The second-order valence-corrected chi connectivity index (χ2v) is 9.31. The predicted octanol–water partition coefficient (Wildman–Crippen LogP) is 6.30. The smallest absolute Gasteiger partial charge is 0.294 e. The number of carbonyl (C=O) groups is 2. The lowest BCUT2D eigenvalue weighted by molar-refractivity contribution is -0.117. The van der Waals surface area contributed by atoms with Crippen molar-refractivity contribution in [2.24, 2.45) is 0 Å². The number of aryl methyl sites for hydroxylation is 1. The molecule has 1 N–H and O–H groups in total. The van der Waals surface area contributed by atoms with Crippen LogP contribution in [-0.4, -0.2) is 28.4 Å². The summed E-state index contributed by atoms with van der Waals surface area (Å²) in [6, 6.07) is 25.1. The number of amides is 1. The minimum Gasteiger partial charge on any atom is -0.503 e. The van der Waals surface area contributed by atoms with Gasteiger partial charge in [-0.15, -0.1) is 11.3 Å². The monoisotopic (exact) mass is 496 g/mol. The molecule has 0 aliphatic carbocycles. The van der Waals surface area contributed by atoms with Gasteiger partial charge in [0.15, 0.2) is 5.76 Å². The number of rotatable bonds is 7. The molecular weight excluding hydrogens is 472 g/mol. The van der Waals surface area contributed by atoms with Crippen molar-refractivity contribution in [3.8, 4) is 16.3 Å². The SMILES string of the molecule is CCOc1cccc(N2C(=O)C(O)=C(C(=O)c3sc(-c4ccccc4)nc3C)C2c2ccccc2)c1. The van der Waals surface area contributed by atoms with Crippen molar-refractivity contribution in [1.29, 1.82) is 0 Å². The molecule has 1 aliphatic rings. The van der Waals surface area contributed by atoms with Crippen LogP contribution in [0.1, 0.15) is 33.9 Å². The fraction of sp³-hybridized carbons (Fsp3) is 0.138. The summed E-state index contributed by atoms with van der Waals surface area (Å²) in [7, 11) is 0. The van der Waals surface area contributed by atoms with Crippen molar-refractivity contribution >= 4 is 28.7 Å². The van der Waals surface area contributed by atoms with Gasteiger partial charge in [0.1, 0.15) is 10.8 Å². The third-order valence-electron chi connectivity index (χ3n) is 6.00. The lowest BCUT2D eigenvalue weighted by Gasteiger charge is -2.27. The summed E-state index contributed by atoms with van der Waals surface area (Å²) in [5, 5.41) is 11.8. The van der Waals surface area contributed by atoms with Gasteiger partial charge in [-0.3, -0.25) is 14.5 Å². The molecule has 1 amide bonds. The van der Waals surface area contributed by atoms with Crippen LogP contribution in [0, 0.1) is 6.92 Å². The van der Waals surface area contributed by atoms with Crippen molar-refractivity contribution in [3.05, 3.63) is 112 Å². The van der Waals surface area contributed by atoms with Gasteiger partial charge in [-0.1, -0.05) is 66.7 Å². The Morgan fingerprint density at radius 2 is 1.72 bits per heavy atom. The number of ketones is 1. The number of thiazole rings is 1. The van der Waals surface area contributed by atoms with Crippen LogP contribution < -0.4 is 9.64 Å². The highest BCUT2D eigenvalue weighted by molar-refractivity contribution is 7.17. The molecule has 6 nitrogen and oxygen atoms in total. The van der Waals surface area contributed by atoms with E-state index in [4.69, 9.17) is 4.74 Å². The van der Waals surface area contributed by atoms with Gasteiger partial charge in [-0.25, -0.2) is 4.98 Å². The van der Waals surface area contributed by atoms with E-state index in [1.165, 1.54) is 16.2 Å². The predicted molar refractivity (Wildman–Crippen MR) is 141 cm³/mol. The number of anilines is 1. The number of Topliss-reactive ketones (excluding diaryl/α,β-unsaturated/α-hetero) is 1. The third kappa shape index (κ3) is 4.18. The molecule has 4 aromatic rings. The zero-order valence-electron chi connectivity index (χ0n) is 19.8. The summed E-state index contributed by atoms with van der Waals surface area (Å²) in [6.07, 6.45) is 0. The van der Waals surface area contributed by atoms with E-state index in [0.717, 1.165) is 5.56 Å². The largest absolute Gasteiger partial charge is 0.503 e. The topological polar surface area (TPSA) is 79.7 Å². The Balaban J connectivity index is 1.61. The highest BCUT2D eigenvalue weighted by Gasteiger charge is 2.45. The van der Waals surface area contributed by atoms with Crippen LogP contribution in [0.15, 0.2) is 96.3 Å². The van der Waals surface area contributed by atoms with E-state index in [2.05, 4.69) is 4.98 Å². The van der Waals surface area contributed by atoms with E-state index in [0.29, 0.717) is 39.2 Å². The molecule has 0 fully saturated rings. The van der Waals surface area contributed by atoms with E-state index < -0.39 is 23.5 Å². The number of ether oxygens (including phenoxy) is 1. The lowest BCUT2D eigenvalue weighted by atomic mass is 9.95. The van der Waals surface area contributed by atoms with Gasteiger partial charge < -0.3 is 9.84 Å². The minimum atomic E-state index is -0.801. The number of aliphatic hydroxyl groups excluding tert-OH is 1. The fourth-order valence-corrected chi connectivity index (χ4v) is 5.40. The first-order valence-corrected chi connectivity index (χ1v) is 12.4. The maximum Gasteiger partial charge on any atom is 0.294 e. The highest BCUT2D eigenvalue weighted by atomic mass is 32.1. The summed E-state index contributed by atoms with van der Waals surface area (Å²) in [4.78, 5) is 33.8. The van der Waals surface area contributed by atoms with E-state index in [1.54, 1.807) is 31.2 Å². The summed E-state index contributed by atoms with van der Waals surface area (Å²) in [6.45, 7) is 4.12. The fourth-order valence-electron chi connectivity index (χ4n) is 4.38. The number of carbonyl (C=O) groups excluding carboxylic acids is 2. The van der Waals surface area contributed by atoms with Crippen LogP contribution in [0.3, 0.4) is 0 Å². The van der Waals surface area contributed by atoms with Crippen LogP contribution in [-0.2, 0) is 4.79 Å². The van der Waals surface area contributed by atoms with Crippen molar-refractivity contribution < 1.29 is 19.4 Å². The molecular formula is C29H24N2O4S. The highest BCUT2D eigenvalue weighted by Crippen LogP contribution is 2.43. The number of nitrogens with zero attached hydrogens (tertiary/aromatic N) is 2. The van der Waals surface area contributed by atoms with Gasteiger partial charge in [0.25, 0.3) is 5.91 Å². The van der Waals surface area contributed by atoms with Crippen LogP contribution in [0.2, 0.25) is 0 Å². The number of aromatic nitrogens is 1. The van der Waals surface area contributed by atoms with Crippen LogP contribution in [0.5, 0.6) is 5.75 Å². The first kappa shape index (κ1) is 23.5. The number of aliphatic hydroxyl groups is 1. The molecule has 1 aliphatic heterocycles. The summed E-state index contributed by atoms with van der Waals surface area (Å²) in [5.74, 6) is -0.994. The Hall–Kier alpha value is -4.23. The van der Waals surface area contributed by atoms with Gasteiger partial charge in [-0.2, -0.15) is 0 Å². The van der Waals surface area contributed by atoms with Gasteiger partial charge in [0, 0.05) is 17.3 Å². The number of hydrogen-bond donors (Lipinski definition) is 1. The molecule has 0 radical (unpaired) electrons. The Bertz CT molecular complexity index is 1460. The molecule has 0 saturated heterocycles. The number of benzene rings is 3. The van der Waals surface area contributed by atoms with Gasteiger partial charge in [0.05, 0.1) is 28.8 Å². The Labute approximate surface area is 213 Å². The average molecular weight is 497 g/mol. The van der Waals surface area contributed by atoms with Gasteiger partial charge in [-0.05, 0) is 31.5 Å². The Morgan fingerprint density at radius 1 is 1.03 bits per heavy atom. The molecule has 5 rings (SSSR count). The average Bonchev–Trinajstić information content (AvgIpc) is 3.42. The van der Waals surface area contributed by atoms with Crippen molar-refractivity contribution in [1.82, 2.24) is 4.98 Å². The Kier molecular flexibility index (Phi) is 6.40. The maximum absolute atomic E-state index is 13.9. The van der Waals surface area contributed by atoms with Crippen molar-refractivity contribution in [2.75, 3.05) is 11.5 Å². The lowest BCUT2D eigenvalue weighted by Crippen LogP contribution is -2.31. The quantitative estimate of drug-likeness (QED) is 0.304. The molecule has 36 heavy (non-hydrogen) atoms. The molecule has 1 atom stereocenters. The summed E-state index contributed by atoms with van der Waals surface area (Å²) in [5.41, 5.74) is 2.74. The summed E-state index contributed by atoms with van der Waals surface area (Å²) < 4.78 is 5.63. The van der Waals surface area contributed by atoms with E-state index >= 15 is 0 Å². The third-order valence-corrected chi connectivity index (χ3v) is 7.20. The van der Waals surface area contributed by atoms with Crippen LogP contribution in [0.25, 0.3) is 10.6 Å². The molecule has 7 heteroatoms. The Morgan fingerprint density at radius 3 is 2.42 bits per heavy atom. The van der Waals surface area contributed by atoms with E-state index in [9.17, 15) is 14.7 Å². The second kappa shape index (κ2) is 9.79. The van der Waals surface area contributed by atoms with Crippen molar-refractivity contribution in [3.63, 3.8) is 0 Å². The number of hydrogen-bond acceptors (Lipinski definition) is 6. The van der Waals surface area contributed by atoms with Crippen molar-refractivity contribution in [2.45, 2.75) is 19.9 Å². The molecule has 1 aromatic heterocycles. The standard InChI is InChI=1S/C29H24N2O4S/c1-3-35-22-16-10-15-21(17-22)31-24(19-11-6-4-7-12-19)23(26(33)29(31)34)25(32)27-18(2)30-28(36-27)20-13-8-5-9-14-20/h4-17,24,33H,3H2,1-2H3. The molecule has 0 saturated carbocycles. The molecule has 0 bridgehead atoms. The second-order valence-electron chi connectivity index (χ2n) is 8.31. The first-order chi connectivity index (χ1) is 17.5. The van der Waals surface area contributed by atoms with E-state index in [-0.39, 0.29) is 5.57 Å². The van der Waals surface area contributed by atoms with Gasteiger partial charge in [0.2, 0.25) is 5.78 Å².